The first-order valence-electron chi connectivity index (χ1n) is 9.65. The highest BCUT2D eigenvalue weighted by molar-refractivity contribution is 7.92. The molecule has 0 heterocycles. The lowest BCUT2D eigenvalue weighted by atomic mass is 10.1. The molecule has 3 aromatic rings. The first kappa shape index (κ1) is 22.1. The van der Waals surface area contributed by atoms with Crippen LogP contribution in [-0.2, 0) is 21.4 Å². The number of aryl methyl sites for hydroxylation is 1. The first-order valence-corrected chi connectivity index (χ1v) is 11.1. The Balaban J connectivity index is 1.61. The maximum atomic E-state index is 12.6. The zero-order valence-corrected chi connectivity index (χ0v) is 18.1. The minimum Gasteiger partial charge on any atom is -0.495 e. The molecule has 0 unspecified atom stereocenters. The topological polar surface area (TPSA) is 84.5 Å². The zero-order valence-electron chi connectivity index (χ0n) is 17.3. The lowest BCUT2D eigenvalue weighted by molar-refractivity contribution is -0.116. The monoisotopic (exact) mass is 436 g/mol. The predicted molar refractivity (Wildman–Crippen MR) is 122 cm³/mol. The minimum absolute atomic E-state index is 0.111. The number of nitrogens with one attached hydrogen (secondary N) is 2. The summed E-state index contributed by atoms with van der Waals surface area (Å²) in [5, 5.41) is 2.82. The SMILES string of the molecule is COc1ccccc1NS(=O)(=O)c1ccc(/C=C/C(=O)NCc2ccc(C)cc2)cc1. The zero-order chi connectivity index (χ0) is 22.3. The third kappa shape index (κ3) is 6.20. The van der Waals surface area contributed by atoms with Crippen LogP contribution in [0, 0.1) is 6.92 Å². The van der Waals surface area contributed by atoms with Gasteiger partial charge in [-0.15, -0.1) is 0 Å². The van der Waals surface area contributed by atoms with E-state index in [0.717, 1.165) is 5.56 Å². The number of hydrogen-bond acceptors (Lipinski definition) is 4. The summed E-state index contributed by atoms with van der Waals surface area (Å²) in [5.74, 6) is 0.206. The van der Waals surface area contributed by atoms with Crippen LogP contribution in [0.4, 0.5) is 5.69 Å². The molecule has 0 fully saturated rings. The number of methoxy groups -OCH3 is 1. The lowest BCUT2D eigenvalue weighted by Crippen LogP contribution is -2.20. The second-order valence-corrected chi connectivity index (χ2v) is 8.59. The van der Waals surface area contributed by atoms with Crippen molar-refractivity contribution < 1.29 is 17.9 Å². The number of carbonyl (C=O) groups excluding carboxylic acids is 1. The molecule has 0 radical (unpaired) electrons. The Hall–Kier alpha value is -3.58. The van der Waals surface area contributed by atoms with Gasteiger partial charge in [0.2, 0.25) is 5.91 Å². The minimum atomic E-state index is -3.77. The highest BCUT2D eigenvalue weighted by Crippen LogP contribution is 2.26. The largest absolute Gasteiger partial charge is 0.495 e. The molecule has 0 aliphatic heterocycles. The number of para-hydroxylation sites is 2. The first-order chi connectivity index (χ1) is 14.9. The average Bonchev–Trinajstić information content (AvgIpc) is 2.77. The molecule has 160 valence electrons. The Bertz CT molecular complexity index is 1170. The van der Waals surface area contributed by atoms with Crippen LogP contribution in [-0.4, -0.2) is 21.4 Å². The van der Waals surface area contributed by atoms with E-state index >= 15 is 0 Å². The van der Waals surface area contributed by atoms with Crippen LogP contribution in [0.5, 0.6) is 5.75 Å². The van der Waals surface area contributed by atoms with Crippen molar-refractivity contribution in [2.45, 2.75) is 18.4 Å². The van der Waals surface area contributed by atoms with E-state index in [1.165, 1.54) is 30.9 Å². The van der Waals surface area contributed by atoms with Crippen molar-refractivity contribution in [1.29, 1.82) is 0 Å². The molecule has 0 aliphatic carbocycles. The molecular weight excluding hydrogens is 412 g/mol. The molecule has 3 aromatic carbocycles. The number of anilines is 1. The Morgan fingerprint density at radius 3 is 2.32 bits per heavy atom. The van der Waals surface area contributed by atoms with Gasteiger partial charge >= 0.3 is 0 Å². The van der Waals surface area contributed by atoms with Gasteiger partial charge in [-0.1, -0.05) is 54.1 Å². The molecule has 0 spiro atoms. The third-order valence-corrected chi connectivity index (χ3v) is 5.94. The summed E-state index contributed by atoms with van der Waals surface area (Å²) in [6.07, 6.45) is 3.05. The molecule has 0 aromatic heterocycles. The van der Waals surface area contributed by atoms with E-state index in [0.29, 0.717) is 23.5 Å². The maximum absolute atomic E-state index is 12.6. The van der Waals surface area contributed by atoms with E-state index in [-0.39, 0.29) is 10.8 Å². The van der Waals surface area contributed by atoms with Gasteiger partial charge in [-0.25, -0.2) is 8.42 Å². The van der Waals surface area contributed by atoms with Crippen molar-refractivity contribution in [2.24, 2.45) is 0 Å². The highest BCUT2D eigenvalue weighted by atomic mass is 32.2. The van der Waals surface area contributed by atoms with Gasteiger partial charge in [-0.2, -0.15) is 0 Å². The molecule has 31 heavy (non-hydrogen) atoms. The molecule has 7 heteroatoms. The summed E-state index contributed by atoms with van der Waals surface area (Å²) in [6.45, 7) is 2.45. The Labute approximate surface area is 182 Å². The van der Waals surface area contributed by atoms with E-state index in [1.807, 2.05) is 31.2 Å². The maximum Gasteiger partial charge on any atom is 0.262 e. The molecule has 1 amide bonds. The van der Waals surface area contributed by atoms with Crippen molar-refractivity contribution in [3.05, 3.63) is 95.6 Å². The second-order valence-electron chi connectivity index (χ2n) is 6.91. The van der Waals surface area contributed by atoms with Crippen LogP contribution < -0.4 is 14.8 Å². The molecule has 6 nitrogen and oxygen atoms in total. The molecule has 0 atom stereocenters. The number of rotatable bonds is 8. The van der Waals surface area contributed by atoms with Crippen molar-refractivity contribution in [1.82, 2.24) is 5.32 Å². The third-order valence-electron chi connectivity index (χ3n) is 4.56. The molecular formula is C24H24N2O4S. The van der Waals surface area contributed by atoms with E-state index in [2.05, 4.69) is 10.0 Å². The van der Waals surface area contributed by atoms with E-state index < -0.39 is 10.0 Å². The second kappa shape index (κ2) is 9.95. The standard InChI is InChI=1S/C24H24N2O4S/c1-18-7-9-20(10-8-18)17-25-24(27)16-13-19-11-14-21(15-12-19)31(28,29)26-22-5-3-4-6-23(22)30-2/h3-16,26H,17H2,1-2H3,(H,25,27)/b16-13+. The van der Waals surface area contributed by atoms with Gasteiger partial charge in [0.15, 0.2) is 0 Å². The molecule has 0 saturated carbocycles. The summed E-state index contributed by atoms with van der Waals surface area (Å²) in [6, 6.07) is 21.0. The molecule has 0 aliphatic rings. The number of benzene rings is 3. The summed E-state index contributed by atoms with van der Waals surface area (Å²) < 4.78 is 33.0. The van der Waals surface area contributed by atoms with Crippen molar-refractivity contribution in [3.63, 3.8) is 0 Å². The molecule has 2 N–H and O–H groups in total. The smallest absolute Gasteiger partial charge is 0.262 e. The lowest BCUT2D eigenvalue weighted by Gasteiger charge is -2.11. The average molecular weight is 437 g/mol. The Morgan fingerprint density at radius 1 is 0.968 bits per heavy atom. The summed E-state index contributed by atoms with van der Waals surface area (Å²) >= 11 is 0. The number of carbonyl (C=O) groups is 1. The van der Waals surface area contributed by atoms with Crippen molar-refractivity contribution >= 4 is 27.7 Å². The number of sulfonamides is 1. The van der Waals surface area contributed by atoms with Crippen LogP contribution in [0.3, 0.4) is 0 Å². The molecule has 0 bridgehead atoms. The van der Waals surface area contributed by atoms with Gasteiger partial charge in [-0.05, 0) is 48.4 Å². The van der Waals surface area contributed by atoms with Crippen LogP contribution in [0.1, 0.15) is 16.7 Å². The van der Waals surface area contributed by atoms with Gasteiger partial charge in [0, 0.05) is 12.6 Å². The van der Waals surface area contributed by atoms with Crippen LogP contribution in [0.15, 0.2) is 83.8 Å². The fourth-order valence-electron chi connectivity index (χ4n) is 2.82. The van der Waals surface area contributed by atoms with Gasteiger partial charge in [0.05, 0.1) is 17.7 Å². The predicted octanol–water partition coefficient (Wildman–Crippen LogP) is 4.13. The fraction of sp³-hybridized carbons (Fsp3) is 0.125. The van der Waals surface area contributed by atoms with Gasteiger partial charge in [-0.3, -0.25) is 9.52 Å². The number of hydrogen-bond donors (Lipinski definition) is 2. The quantitative estimate of drug-likeness (QED) is 0.520. The summed E-state index contributed by atoms with van der Waals surface area (Å²) in [5.41, 5.74) is 3.25. The Morgan fingerprint density at radius 2 is 1.65 bits per heavy atom. The van der Waals surface area contributed by atoms with Gasteiger partial charge in [0.1, 0.15) is 5.75 Å². The van der Waals surface area contributed by atoms with E-state index in [1.54, 1.807) is 42.5 Å². The van der Waals surface area contributed by atoms with Crippen LogP contribution >= 0.6 is 0 Å². The summed E-state index contributed by atoms with van der Waals surface area (Å²) in [7, 11) is -2.29. The summed E-state index contributed by atoms with van der Waals surface area (Å²) in [4.78, 5) is 12.1. The fourth-order valence-corrected chi connectivity index (χ4v) is 3.89. The van der Waals surface area contributed by atoms with Gasteiger partial charge < -0.3 is 10.1 Å². The van der Waals surface area contributed by atoms with Crippen molar-refractivity contribution in [3.8, 4) is 5.75 Å². The normalized spacial score (nSPS) is 11.3. The Kier molecular flexibility index (Phi) is 7.10. The van der Waals surface area contributed by atoms with Crippen LogP contribution in [0.2, 0.25) is 0 Å². The molecule has 3 rings (SSSR count). The number of amides is 1. The van der Waals surface area contributed by atoms with Crippen LogP contribution in [0.25, 0.3) is 6.08 Å². The van der Waals surface area contributed by atoms with Crippen molar-refractivity contribution in [2.75, 3.05) is 11.8 Å². The van der Waals surface area contributed by atoms with E-state index in [4.69, 9.17) is 4.74 Å². The molecule has 0 saturated heterocycles. The highest BCUT2D eigenvalue weighted by Gasteiger charge is 2.16. The van der Waals surface area contributed by atoms with Gasteiger partial charge in [0.25, 0.3) is 10.0 Å². The van der Waals surface area contributed by atoms with E-state index in [9.17, 15) is 13.2 Å². The number of ether oxygens (including phenoxy) is 1.